The summed E-state index contributed by atoms with van der Waals surface area (Å²) < 4.78 is 2.04. The number of aryl methyl sites for hydroxylation is 2. The van der Waals surface area contributed by atoms with E-state index in [-0.39, 0.29) is 0 Å². The van der Waals surface area contributed by atoms with Crippen molar-refractivity contribution in [2.45, 2.75) is 58.5 Å². The summed E-state index contributed by atoms with van der Waals surface area (Å²) in [6.07, 6.45) is 8.64. The lowest BCUT2D eigenvalue weighted by Gasteiger charge is -2.45. The third kappa shape index (κ3) is 2.77. The van der Waals surface area contributed by atoms with Crippen molar-refractivity contribution in [1.29, 1.82) is 0 Å². The molecule has 0 radical (unpaired) electrons. The first-order valence-corrected chi connectivity index (χ1v) is 7.01. The summed E-state index contributed by atoms with van der Waals surface area (Å²) in [5, 5.41) is 10.8. The molecule has 0 bridgehead atoms. The molecule has 0 spiro atoms. The second-order valence-corrected chi connectivity index (χ2v) is 6.83. The van der Waals surface area contributed by atoms with Gasteiger partial charge < -0.3 is 9.67 Å². The topological polar surface area (TPSA) is 38.1 Å². The van der Waals surface area contributed by atoms with Gasteiger partial charge in [0, 0.05) is 25.9 Å². The first-order valence-electron chi connectivity index (χ1n) is 7.01. The first-order chi connectivity index (χ1) is 8.32. The highest BCUT2D eigenvalue weighted by Gasteiger charge is 2.42. The van der Waals surface area contributed by atoms with E-state index < -0.39 is 5.60 Å². The molecule has 0 aromatic carbocycles. The fourth-order valence-electron chi connectivity index (χ4n) is 3.26. The van der Waals surface area contributed by atoms with Crippen molar-refractivity contribution in [2.24, 2.45) is 18.4 Å². The Balaban J connectivity index is 1.98. The molecule has 2 rings (SSSR count). The van der Waals surface area contributed by atoms with Crippen molar-refractivity contribution in [2.75, 3.05) is 0 Å². The van der Waals surface area contributed by atoms with Gasteiger partial charge in [-0.1, -0.05) is 20.8 Å². The Hall–Kier alpha value is -0.830. The summed E-state index contributed by atoms with van der Waals surface area (Å²) in [4.78, 5) is 4.34. The minimum Gasteiger partial charge on any atom is -0.390 e. The minimum absolute atomic E-state index is 0.376. The van der Waals surface area contributed by atoms with Gasteiger partial charge in [-0.05, 0) is 37.0 Å². The zero-order valence-electron chi connectivity index (χ0n) is 12.1. The summed E-state index contributed by atoms with van der Waals surface area (Å²) in [5.74, 6) is 1.45. The molecule has 1 aromatic rings. The average molecular weight is 250 g/mol. The lowest BCUT2D eigenvalue weighted by molar-refractivity contribution is -0.0766. The standard InChI is InChI=1S/C15H26N2O/c1-12-11-14(2,3)7-8-15(12,18)6-5-13-16-9-10-17(13)4/h9-10,12,18H,5-8,11H2,1-4H3. The highest BCUT2D eigenvalue weighted by atomic mass is 16.3. The van der Waals surface area contributed by atoms with E-state index in [1.165, 1.54) is 0 Å². The zero-order chi connectivity index (χ0) is 13.4. The third-order valence-electron chi connectivity index (χ3n) is 4.71. The molecule has 1 saturated carbocycles. The molecule has 0 saturated heterocycles. The molecule has 2 unspecified atom stereocenters. The predicted molar refractivity (Wildman–Crippen MR) is 73.3 cm³/mol. The van der Waals surface area contributed by atoms with Gasteiger partial charge >= 0.3 is 0 Å². The molecule has 1 aliphatic rings. The van der Waals surface area contributed by atoms with Gasteiger partial charge in [0.2, 0.25) is 0 Å². The van der Waals surface area contributed by atoms with Crippen LogP contribution in [0.2, 0.25) is 0 Å². The number of imidazole rings is 1. The Kier molecular flexibility index (Phi) is 3.54. The molecule has 1 aromatic heterocycles. The smallest absolute Gasteiger partial charge is 0.108 e. The maximum Gasteiger partial charge on any atom is 0.108 e. The maximum atomic E-state index is 10.8. The van der Waals surface area contributed by atoms with Gasteiger partial charge in [0.15, 0.2) is 0 Å². The number of aromatic nitrogens is 2. The molecule has 3 nitrogen and oxygen atoms in total. The van der Waals surface area contributed by atoms with Gasteiger partial charge in [-0.25, -0.2) is 4.98 Å². The van der Waals surface area contributed by atoms with Gasteiger partial charge in [0.05, 0.1) is 5.60 Å². The van der Waals surface area contributed by atoms with Crippen LogP contribution in [0.25, 0.3) is 0 Å². The first kappa shape index (κ1) is 13.6. The van der Waals surface area contributed by atoms with Crippen LogP contribution < -0.4 is 0 Å². The van der Waals surface area contributed by atoms with Crippen LogP contribution in [-0.4, -0.2) is 20.3 Å². The fourth-order valence-corrected chi connectivity index (χ4v) is 3.26. The molecule has 0 aliphatic heterocycles. The van der Waals surface area contributed by atoms with Crippen molar-refractivity contribution in [3.8, 4) is 0 Å². The number of aliphatic hydroxyl groups is 1. The van der Waals surface area contributed by atoms with Gasteiger partial charge in [0.25, 0.3) is 0 Å². The van der Waals surface area contributed by atoms with E-state index in [0.717, 1.165) is 37.9 Å². The highest BCUT2D eigenvalue weighted by Crippen LogP contribution is 2.45. The van der Waals surface area contributed by atoms with Crippen molar-refractivity contribution >= 4 is 0 Å². The van der Waals surface area contributed by atoms with Crippen LogP contribution >= 0.6 is 0 Å². The van der Waals surface area contributed by atoms with Gasteiger partial charge in [-0.15, -0.1) is 0 Å². The van der Waals surface area contributed by atoms with Crippen molar-refractivity contribution in [3.05, 3.63) is 18.2 Å². The van der Waals surface area contributed by atoms with Crippen molar-refractivity contribution in [3.63, 3.8) is 0 Å². The summed E-state index contributed by atoms with van der Waals surface area (Å²) >= 11 is 0. The second-order valence-electron chi connectivity index (χ2n) is 6.83. The third-order valence-corrected chi connectivity index (χ3v) is 4.71. The van der Waals surface area contributed by atoms with Crippen LogP contribution in [0, 0.1) is 11.3 Å². The van der Waals surface area contributed by atoms with E-state index in [2.05, 4.69) is 25.8 Å². The summed E-state index contributed by atoms with van der Waals surface area (Å²) in [6.45, 7) is 6.81. The van der Waals surface area contributed by atoms with Crippen molar-refractivity contribution < 1.29 is 5.11 Å². The predicted octanol–water partition coefficient (Wildman–Crippen LogP) is 2.93. The molecule has 2 atom stereocenters. The van der Waals surface area contributed by atoms with E-state index in [1.54, 1.807) is 0 Å². The van der Waals surface area contributed by atoms with E-state index in [1.807, 2.05) is 24.0 Å². The van der Waals surface area contributed by atoms with E-state index in [0.29, 0.717) is 11.3 Å². The SMILES string of the molecule is CC1CC(C)(C)CCC1(O)CCc1nccn1C. The molecule has 1 heterocycles. The number of hydrogen-bond donors (Lipinski definition) is 1. The Morgan fingerprint density at radius 2 is 2.17 bits per heavy atom. The Morgan fingerprint density at radius 1 is 1.44 bits per heavy atom. The molecule has 0 amide bonds. The van der Waals surface area contributed by atoms with Crippen LogP contribution in [-0.2, 0) is 13.5 Å². The van der Waals surface area contributed by atoms with Gasteiger partial charge in [0.1, 0.15) is 5.82 Å². The molecular formula is C15H26N2O. The fraction of sp³-hybridized carbons (Fsp3) is 0.800. The van der Waals surface area contributed by atoms with Crippen LogP contribution in [0.1, 0.15) is 52.3 Å². The monoisotopic (exact) mass is 250 g/mol. The molecular weight excluding hydrogens is 224 g/mol. The summed E-state index contributed by atoms with van der Waals surface area (Å²) in [6, 6.07) is 0. The number of nitrogens with zero attached hydrogens (tertiary/aromatic N) is 2. The highest BCUT2D eigenvalue weighted by molar-refractivity contribution is 4.98. The van der Waals surface area contributed by atoms with Gasteiger partial charge in [-0.2, -0.15) is 0 Å². The zero-order valence-corrected chi connectivity index (χ0v) is 12.1. The maximum absolute atomic E-state index is 10.8. The molecule has 3 heteroatoms. The van der Waals surface area contributed by atoms with Crippen LogP contribution in [0.15, 0.2) is 12.4 Å². The van der Waals surface area contributed by atoms with E-state index in [9.17, 15) is 5.11 Å². The molecule has 1 fully saturated rings. The average Bonchev–Trinajstić information content (AvgIpc) is 2.68. The Bertz CT molecular complexity index is 410. The molecule has 1 N–H and O–H groups in total. The van der Waals surface area contributed by atoms with E-state index in [4.69, 9.17) is 0 Å². The molecule has 102 valence electrons. The number of rotatable bonds is 3. The van der Waals surface area contributed by atoms with Gasteiger partial charge in [-0.3, -0.25) is 0 Å². The quantitative estimate of drug-likeness (QED) is 0.895. The minimum atomic E-state index is -0.499. The lowest BCUT2D eigenvalue weighted by Crippen LogP contribution is -2.44. The number of hydrogen-bond acceptors (Lipinski definition) is 2. The summed E-state index contributed by atoms with van der Waals surface area (Å²) in [7, 11) is 2.01. The Morgan fingerprint density at radius 3 is 2.72 bits per heavy atom. The molecule has 1 aliphatic carbocycles. The summed E-state index contributed by atoms with van der Waals surface area (Å²) in [5.41, 5.74) is -0.115. The largest absolute Gasteiger partial charge is 0.390 e. The normalized spacial score (nSPS) is 31.5. The Labute approximate surface area is 110 Å². The molecule has 18 heavy (non-hydrogen) atoms. The van der Waals surface area contributed by atoms with Crippen LogP contribution in [0.3, 0.4) is 0 Å². The van der Waals surface area contributed by atoms with Crippen molar-refractivity contribution in [1.82, 2.24) is 9.55 Å². The van der Waals surface area contributed by atoms with Crippen LogP contribution in [0.4, 0.5) is 0 Å². The van der Waals surface area contributed by atoms with Crippen LogP contribution in [0.5, 0.6) is 0 Å². The second kappa shape index (κ2) is 4.69. The lowest BCUT2D eigenvalue weighted by atomic mass is 9.64. The van der Waals surface area contributed by atoms with E-state index >= 15 is 0 Å².